The summed E-state index contributed by atoms with van der Waals surface area (Å²) in [5.74, 6) is 0.938. The van der Waals surface area contributed by atoms with Crippen molar-refractivity contribution in [3.05, 3.63) is 11.6 Å². The Labute approximate surface area is 87.4 Å². The molecule has 2 nitrogen and oxygen atoms in total. The quantitative estimate of drug-likeness (QED) is 0.653. The first-order chi connectivity index (χ1) is 6.25. The van der Waals surface area contributed by atoms with Gasteiger partial charge in [0.2, 0.25) is 0 Å². The topological polar surface area (TPSA) is 34.1 Å². The fraction of sp³-hybridized carbons (Fsp3) is 0.667. The molecule has 14 heavy (non-hydrogen) atoms. The van der Waals surface area contributed by atoms with Crippen LogP contribution in [0.2, 0.25) is 0 Å². The summed E-state index contributed by atoms with van der Waals surface area (Å²) in [6, 6.07) is 0. The van der Waals surface area contributed by atoms with E-state index in [2.05, 4.69) is 0 Å². The smallest absolute Gasteiger partial charge is 0.152 e. The SMILES string of the molecule is CC(=O)C=C(C)C.CC(=O)CC(C)C. The van der Waals surface area contributed by atoms with Crippen LogP contribution < -0.4 is 0 Å². The monoisotopic (exact) mass is 198 g/mol. The maximum absolute atomic E-state index is 10.3. The molecule has 0 aromatic rings. The summed E-state index contributed by atoms with van der Waals surface area (Å²) in [5.41, 5.74) is 1.06. The van der Waals surface area contributed by atoms with Crippen molar-refractivity contribution in [2.75, 3.05) is 0 Å². The molecule has 0 spiro atoms. The third-order valence-corrected chi connectivity index (χ3v) is 1.19. The van der Waals surface area contributed by atoms with Gasteiger partial charge in [-0.25, -0.2) is 0 Å². The molecule has 0 aromatic carbocycles. The number of allylic oxidation sites excluding steroid dienone is 2. The Bertz CT molecular complexity index is 208. The van der Waals surface area contributed by atoms with Crippen molar-refractivity contribution in [2.45, 2.75) is 48.0 Å². The second-order valence-electron chi connectivity index (χ2n) is 4.13. The third kappa shape index (κ3) is 22.5. The summed E-state index contributed by atoms with van der Waals surface area (Å²) in [7, 11) is 0. The molecule has 0 aromatic heterocycles. The van der Waals surface area contributed by atoms with Crippen molar-refractivity contribution in [3.8, 4) is 0 Å². The van der Waals surface area contributed by atoms with Crippen LogP contribution in [0.1, 0.15) is 48.0 Å². The zero-order valence-electron chi connectivity index (χ0n) is 10.2. The number of hydrogen-bond donors (Lipinski definition) is 0. The number of carbonyl (C=O) groups is 2. The minimum Gasteiger partial charge on any atom is -0.300 e. The molecule has 0 unspecified atom stereocenters. The normalized spacial score (nSPS) is 8.79. The van der Waals surface area contributed by atoms with Gasteiger partial charge in [-0.1, -0.05) is 19.4 Å². The minimum absolute atomic E-state index is 0.125. The first kappa shape index (κ1) is 15.5. The minimum atomic E-state index is 0.125. The van der Waals surface area contributed by atoms with Crippen molar-refractivity contribution in [1.82, 2.24) is 0 Å². The van der Waals surface area contributed by atoms with Crippen LogP contribution >= 0.6 is 0 Å². The number of rotatable bonds is 3. The molecule has 0 saturated carbocycles. The lowest BCUT2D eigenvalue weighted by atomic mass is 10.1. The lowest BCUT2D eigenvalue weighted by molar-refractivity contribution is -0.117. The van der Waals surface area contributed by atoms with Crippen LogP contribution in [0.25, 0.3) is 0 Å². The molecular formula is C12H22O2. The van der Waals surface area contributed by atoms with Crippen molar-refractivity contribution in [1.29, 1.82) is 0 Å². The van der Waals surface area contributed by atoms with Gasteiger partial charge < -0.3 is 4.79 Å². The molecule has 0 heterocycles. The van der Waals surface area contributed by atoms with Gasteiger partial charge in [0, 0.05) is 6.42 Å². The van der Waals surface area contributed by atoms with E-state index < -0.39 is 0 Å². The van der Waals surface area contributed by atoms with Gasteiger partial charge in [0.15, 0.2) is 5.78 Å². The molecule has 0 aliphatic rings. The summed E-state index contributed by atoms with van der Waals surface area (Å²) in [6.07, 6.45) is 2.33. The van der Waals surface area contributed by atoms with Gasteiger partial charge in [-0.15, -0.1) is 0 Å². The predicted octanol–water partition coefficient (Wildman–Crippen LogP) is 3.16. The Balaban J connectivity index is 0. The molecule has 0 bridgehead atoms. The second kappa shape index (κ2) is 8.67. The van der Waals surface area contributed by atoms with E-state index in [0.29, 0.717) is 5.92 Å². The Morgan fingerprint density at radius 2 is 1.50 bits per heavy atom. The van der Waals surface area contributed by atoms with E-state index >= 15 is 0 Å². The number of carbonyl (C=O) groups excluding carboxylic acids is 2. The van der Waals surface area contributed by atoms with Crippen LogP contribution in [0.3, 0.4) is 0 Å². The first-order valence-corrected chi connectivity index (χ1v) is 4.90. The van der Waals surface area contributed by atoms with Crippen LogP contribution in [-0.4, -0.2) is 11.6 Å². The Kier molecular flexibility index (Phi) is 9.63. The number of Topliss-reactive ketones (excluding diaryl/α,β-unsaturated/α-hetero) is 1. The Morgan fingerprint density at radius 3 is 1.50 bits per heavy atom. The zero-order chi connectivity index (χ0) is 11.7. The molecule has 0 saturated heterocycles. The largest absolute Gasteiger partial charge is 0.300 e. The average Bonchev–Trinajstić information content (AvgIpc) is 1.79. The van der Waals surface area contributed by atoms with Gasteiger partial charge in [0.05, 0.1) is 0 Å². The molecule has 0 aliphatic carbocycles. The van der Waals surface area contributed by atoms with Crippen LogP contribution in [0.15, 0.2) is 11.6 Å². The lowest BCUT2D eigenvalue weighted by Gasteiger charge is -1.95. The van der Waals surface area contributed by atoms with Gasteiger partial charge >= 0.3 is 0 Å². The highest BCUT2D eigenvalue weighted by molar-refractivity contribution is 5.87. The average molecular weight is 198 g/mol. The summed E-state index contributed by atoms with van der Waals surface area (Å²) in [6.45, 7) is 11.1. The van der Waals surface area contributed by atoms with Crippen molar-refractivity contribution < 1.29 is 9.59 Å². The molecular weight excluding hydrogens is 176 g/mol. The van der Waals surface area contributed by atoms with Crippen molar-refractivity contribution in [3.63, 3.8) is 0 Å². The Morgan fingerprint density at radius 1 is 1.07 bits per heavy atom. The van der Waals surface area contributed by atoms with Crippen LogP contribution in [0, 0.1) is 5.92 Å². The van der Waals surface area contributed by atoms with E-state index in [-0.39, 0.29) is 11.6 Å². The van der Waals surface area contributed by atoms with Gasteiger partial charge in [-0.05, 0) is 39.7 Å². The highest BCUT2D eigenvalue weighted by Crippen LogP contribution is 1.97. The molecule has 2 heteroatoms. The van der Waals surface area contributed by atoms with E-state index in [0.717, 1.165) is 12.0 Å². The zero-order valence-corrected chi connectivity index (χ0v) is 10.2. The molecule has 0 aliphatic heterocycles. The van der Waals surface area contributed by atoms with E-state index in [1.807, 2.05) is 27.7 Å². The molecule has 0 N–H and O–H groups in total. The molecule has 0 rings (SSSR count). The lowest BCUT2D eigenvalue weighted by Crippen LogP contribution is -1.95. The maximum Gasteiger partial charge on any atom is 0.152 e. The molecule has 0 radical (unpaired) electrons. The molecule has 0 amide bonds. The summed E-state index contributed by atoms with van der Waals surface area (Å²) < 4.78 is 0. The van der Waals surface area contributed by atoms with Crippen LogP contribution in [0.4, 0.5) is 0 Å². The number of ketones is 2. The van der Waals surface area contributed by atoms with E-state index in [4.69, 9.17) is 0 Å². The first-order valence-electron chi connectivity index (χ1n) is 4.90. The second-order valence-corrected chi connectivity index (χ2v) is 4.13. The van der Waals surface area contributed by atoms with Crippen molar-refractivity contribution >= 4 is 11.6 Å². The fourth-order valence-corrected chi connectivity index (χ4v) is 0.981. The van der Waals surface area contributed by atoms with Gasteiger partial charge in [0.1, 0.15) is 5.78 Å². The fourth-order valence-electron chi connectivity index (χ4n) is 0.981. The van der Waals surface area contributed by atoms with Gasteiger partial charge in [-0.3, -0.25) is 4.79 Å². The molecule has 0 fully saturated rings. The molecule has 0 atom stereocenters. The van der Waals surface area contributed by atoms with Gasteiger partial charge in [0.25, 0.3) is 0 Å². The third-order valence-electron chi connectivity index (χ3n) is 1.19. The molecule has 82 valence electrons. The predicted molar refractivity (Wildman–Crippen MR) is 60.2 cm³/mol. The summed E-state index contributed by atoms with van der Waals surface area (Å²) in [4.78, 5) is 20.4. The summed E-state index contributed by atoms with van der Waals surface area (Å²) in [5, 5.41) is 0. The number of hydrogen-bond acceptors (Lipinski definition) is 2. The summed E-state index contributed by atoms with van der Waals surface area (Å²) >= 11 is 0. The van der Waals surface area contributed by atoms with E-state index in [9.17, 15) is 9.59 Å². The highest BCUT2D eigenvalue weighted by atomic mass is 16.1. The van der Waals surface area contributed by atoms with Crippen molar-refractivity contribution in [2.24, 2.45) is 5.92 Å². The van der Waals surface area contributed by atoms with E-state index in [1.165, 1.54) is 0 Å². The van der Waals surface area contributed by atoms with Crippen LogP contribution in [-0.2, 0) is 9.59 Å². The maximum atomic E-state index is 10.3. The van der Waals surface area contributed by atoms with E-state index in [1.54, 1.807) is 19.9 Å². The van der Waals surface area contributed by atoms with Gasteiger partial charge in [-0.2, -0.15) is 0 Å². The highest BCUT2D eigenvalue weighted by Gasteiger charge is 1.95. The Hall–Kier alpha value is -0.920. The van der Waals surface area contributed by atoms with Crippen LogP contribution in [0.5, 0.6) is 0 Å². The standard InChI is InChI=1S/C6H12O.C6H10O/c2*1-5(2)4-6(3)7/h5H,4H2,1-3H3;4H,1-3H3.